The third kappa shape index (κ3) is 2.74. The highest BCUT2D eigenvalue weighted by atomic mass is 16.5. The van der Waals surface area contributed by atoms with Gasteiger partial charge in [-0.15, -0.1) is 0 Å². The number of pyridine rings is 1. The zero-order valence-corrected chi connectivity index (χ0v) is 14.9. The third-order valence-corrected chi connectivity index (χ3v) is 5.60. The molecule has 1 aliphatic heterocycles. The number of aryl methyl sites for hydroxylation is 1. The lowest BCUT2D eigenvalue weighted by Gasteiger charge is -2.54. The summed E-state index contributed by atoms with van der Waals surface area (Å²) in [6.07, 6.45) is 3.95. The number of ether oxygens (including phenoxy) is 1. The Morgan fingerprint density at radius 3 is 2.96 bits per heavy atom. The number of aromatic amines is 1. The van der Waals surface area contributed by atoms with E-state index in [1.54, 1.807) is 6.20 Å². The number of nitrogens with one attached hydrogen (secondary N) is 2. The van der Waals surface area contributed by atoms with Gasteiger partial charge in [0.1, 0.15) is 11.6 Å². The third-order valence-electron chi connectivity index (χ3n) is 5.60. The van der Waals surface area contributed by atoms with E-state index < -0.39 is 0 Å². The summed E-state index contributed by atoms with van der Waals surface area (Å²) in [5.74, 6) is 1.98. The predicted molar refractivity (Wildman–Crippen MR) is 96.5 cm³/mol. The number of hydrogen-bond donors (Lipinski definition) is 2. The van der Waals surface area contributed by atoms with E-state index in [2.05, 4.69) is 34.1 Å². The Labute approximate surface area is 147 Å². The Balaban J connectivity index is 1.53. The van der Waals surface area contributed by atoms with Gasteiger partial charge in [-0.1, -0.05) is 20.8 Å². The fourth-order valence-electron chi connectivity index (χ4n) is 4.22. The van der Waals surface area contributed by atoms with Crippen LogP contribution in [-0.4, -0.2) is 33.7 Å². The average Bonchev–Trinajstić information content (AvgIpc) is 3.07. The number of fused-ring (bicyclic) bond motifs is 1. The second-order valence-corrected chi connectivity index (χ2v) is 7.56. The molecule has 2 fully saturated rings. The van der Waals surface area contributed by atoms with Gasteiger partial charge >= 0.3 is 0 Å². The molecule has 25 heavy (non-hydrogen) atoms. The smallest absolute Gasteiger partial charge is 0.251 e. The van der Waals surface area contributed by atoms with Gasteiger partial charge in [-0.2, -0.15) is 0 Å². The van der Waals surface area contributed by atoms with Gasteiger partial charge in [-0.25, -0.2) is 9.97 Å². The molecule has 3 atom stereocenters. The molecule has 0 aromatic carbocycles. The molecular formula is C19H24N4O2. The highest BCUT2D eigenvalue weighted by molar-refractivity contribution is 5.56. The molecule has 1 aliphatic carbocycles. The molecule has 0 radical (unpaired) electrons. The number of nitrogens with zero attached hydrogens (tertiary/aromatic N) is 2. The van der Waals surface area contributed by atoms with E-state index in [9.17, 15) is 4.79 Å². The van der Waals surface area contributed by atoms with Gasteiger partial charge in [0.25, 0.3) is 5.56 Å². The average molecular weight is 340 g/mol. The Bertz CT molecular complexity index is 828. The van der Waals surface area contributed by atoms with Crippen LogP contribution in [0.1, 0.15) is 32.9 Å². The first kappa shape index (κ1) is 16.3. The molecule has 132 valence electrons. The second kappa shape index (κ2) is 5.95. The number of anilines is 1. The fraction of sp³-hybridized carbons (Fsp3) is 0.526. The van der Waals surface area contributed by atoms with Crippen LogP contribution in [-0.2, 0) is 11.2 Å². The van der Waals surface area contributed by atoms with E-state index in [1.807, 2.05) is 19.1 Å². The standard InChI is InChI=1S/C19H24N4O2/c1-4-12-9-15(24)23-18(21-12)11-5-6-14(20-10-11)22-16-13-7-8-25-17(13)19(16,2)3/h5-6,9-10,13,16-17H,4,7-8H2,1-3H3,(H,20,22)(H,21,23,24). The lowest BCUT2D eigenvalue weighted by Crippen LogP contribution is -2.63. The van der Waals surface area contributed by atoms with Crippen molar-refractivity contribution in [1.82, 2.24) is 15.0 Å². The number of rotatable bonds is 4. The van der Waals surface area contributed by atoms with Gasteiger partial charge in [-0.05, 0) is 25.0 Å². The summed E-state index contributed by atoms with van der Waals surface area (Å²) in [5.41, 5.74) is 1.58. The fourth-order valence-corrected chi connectivity index (χ4v) is 4.22. The molecule has 2 aromatic heterocycles. The van der Waals surface area contributed by atoms with Crippen molar-refractivity contribution in [3.63, 3.8) is 0 Å². The van der Waals surface area contributed by atoms with E-state index >= 15 is 0 Å². The maximum Gasteiger partial charge on any atom is 0.251 e. The zero-order chi connectivity index (χ0) is 17.6. The molecule has 0 amide bonds. The van der Waals surface area contributed by atoms with E-state index in [0.717, 1.165) is 36.5 Å². The van der Waals surface area contributed by atoms with Crippen molar-refractivity contribution in [2.45, 2.75) is 45.8 Å². The van der Waals surface area contributed by atoms with Crippen LogP contribution in [0.5, 0.6) is 0 Å². The van der Waals surface area contributed by atoms with Gasteiger partial charge in [0, 0.05) is 47.5 Å². The largest absolute Gasteiger partial charge is 0.377 e. The van der Waals surface area contributed by atoms with Crippen molar-refractivity contribution >= 4 is 5.82 Å². The predicted octanol–water partition coefficient (Wildman–Crippen LogP) is 2.62. The molecule has 6 nitrogen and oxygen atoms in total. The summed E-state index contributed by atoms with van der Waals surface area (Å²) in [6, 6.07) is 5.81. The van der Waals surface area contributed by atoms with Gasteiger partial charge in [0.05, 0.1) is 6.10 Å². The van der Waals surface area contributed by atoms with Crippen LogP contribution < -0.4 is 10.9 Å². The molecule has 1 saturated heterocycles. The van der Waals surface area contributed by atoms with Crippen molar-refractivity contribution in [2.75, 3.05) is 11.9 Å². The van der Waals surface area contributed by atoms with E-state index in [4.69, 9.17) is 4.74 Å². The molecule has 2 aromatic rings. The monoisotopic (exact) mass is 340 g/mol. The van der Waals surface area contributed by atoms with E-state index in [-0.39, 0.29) is 11.0 Å². The quantitative estimate of drug-likeness (QED) is 0.894. The maximum absolute atomic E-state index is 11.7. The minimum Gasteiger partial charge on any atom is -0.377 e. The van der Waals surface area contributed by atoms with Crippen LogP contribution in [0.3, 0.4) is 0 Å². The lowest BCUT2D eigenvalue weighted by atomic mass is 9.57. The number of H-pyrrole nitrogens is 1. The van der Waals surface area contributed by atoms with Crippen LogP contribution in [0, 0.1) is 11.3 Å². The summed E-state index contributed by atoms with van der Waals surface area (Å²) in [5, 5.41) is 3.57. The van der Waals surface area contributed by atoms with Crippen LogP contribution in [0.2, 0.25) is 0 Å². The molecular weight excluding hydrogens is 316 g/mol. The minimum atomic E-state index is -0.132. The summed E-state index contributed by atoms with van der Waals surface area (Å²) < 4.78 is 5.84. The van der Waals surface area contributed by atoms with Crippen molar-refractivity contribution < 1.29 is 4.74 Å². The highest BCUT2D eigenvalue weighted by Gasteiger charge is 2.59. The lowest BCUT2D eigenvalue weighted by molar-refractivity contribution is -0.0924. The molecule has 0 spiro atoms. The topological polar surface area (TPSA) is 79.9 Å². The van der Waals surface area contributed by atoms with Crippen LogP contribution in [0.25, 0.3) is 11.4 Å². The summed E-state index contributed by atoms with van der Waals surface area (Å²) in [4.78, 5) is 23.5. The van der Waals surface area contributed by atoms with Gasteiger partial charge in [-0.3, -0.25) is 4.79 Å². The molecule has 3 heterocycles. The first-order valence-corrected chi connectivity index (χ1v) is 8.94. The molecule has 2 aliphatic rings. The summed E-state index contributed by atoms with van der Waals surface area (Å²) in [6.45, 7) is 7.33. The van der Waals surface area contributed by atoms with Crippen molar-refractivity contribution in [2.24, 2.45) is 11.3 Å². The first-order valence-electron chi connectivity index (χ1n) is 8.94. The zero-order valence-electron chi connectivity index (χ0n) is 14.9. The van der Waals surface area contributed by atoms with Crippen LogP contribution in [0.4, 0.5) is 5.82 Å². The molecule has 1 saturated carbocycles. The molecule has 3 unspecified atom stereocenters. The summed E-state index contributed by atoms with van der Waals surface area (Å²) >= 11 is 0. The first-order chi connectivity index (χ1) is 12.0. The molecule has 2 N–H and O–H groups in total. The van der Waals surface area contributed by atoms with Crippen molar-refractivity contribution in [1.29, 1.82) is 0 Å². The number of hydrogen-bond acceptors (Lipinski definition) is 5. The Hall–Kier alpha value is -2.21. The second-order valence-electron chi connectivity index (χ2n) is 7.56. The van der Waals surface area contributed by atoms with Crippen molar-refractivity contribution in [3.8, 4) is 11.4 Å². The Kier molecular flexibility index (Phi) is 3.87. The van der Waals surface area contributed by atoms with Crippen LogP contribution in [0.15, 0.2) is 29.2 Å². The Morgan fingerprint density at radius 1 is 1.40 bits per heavy atom. The minimum absolute atomic E-state index is 0.115. The van der Waals surface area contributed by atoms with Gasteiger partial charge in [0.15, 0.2) is 0 Å². The summed E-state index contributed by atoms with van der Waals surface area (Å²) in [7, 11) is 0. The normalized spacial score (nSPS) is 26.8. The maximum atomic E-state index is 11.7. The Morgan fingerprint density at radius 2 is 2.24 bits per heavy atom. The number of aromatic nitrogens is 3. The molecule has 4 rings (SSSR count). The molecule has 0 bridgehead atoms. The van der Waals surface area contributed by atoms with E-state index in [1.165, 1.54) is 6.07 Å². The van der Waals surface area contributed by atoms with Gasteiger partial charge in [0.2, 0.25) is 0 Å². The molecule has 6 heteroatoms. The van der Waals surface area contributed by atoms with E-state index in [0.29, 0.717) is 23.9 Å². The van der Waals surface area contributed by atoms with Crippen molar-refractivity contribution in [3.05, 3.63) is 40.4 Å². The SMILES string of the molecule is CCc1cc(=O)[nH]c(-c2ccc(NC3C4CCOC4C3(C)C)nc2)n1. The highest BCUT2D eigenvalue weighted by Crippen LogP contribution is 2.53. The van der Waals surface area contributed by atoms with Crippen LogP contribution >= 0.6 is 0 Å². The van der Waals surface area contributed by atoms with Gasteiger partial charge < -0.3 is 15.0 Å².